The van der Waals surface area contributed by atoms with Crippen LogP contribution in [0.1, 0.15) is 144 Å². The summed E-state index contributed by atoms with van der Waals surface area (Å²) in [7, 11) is 0. The van der Waals surface area contributed by atoms with Gasteiger partial charge in [-0.25, -0.2) is 4.98 Å². The molecule has 2 atom stereocenters. The molecule has 2 aliphatic rings. The third-order valence-electron chi connectivity index (χ3n) is 15.9. The average molecular weight is 900 g/mol. The first-order valence-corrected chi connectivity index (χ1v) is 24.9. The Morgan fingerprint density at radius 3 is 1.84 bits per heavy atom. The van der Waals surface area contributed by atoms with Gasteiger partial charge >= 0.3 is 0 Å². The number of pyridine rings is 1. The van der Waals surface area contributed by atoms with Crippen molar-refractivity contribution in [2.75, 3.05) is 0 Å². The number of fused-ring (bicyclic) bond motifs is 7. The summed E-state index contributed by atoms with van der Waals surface area (Å²) in [6, 6.07) is 50.2. The molecule has 4 heterocycles. The fraction of sp³-hybridized carbons (Fsp3) is 0.333. The minimum atomic E-state index is -0.0518. The number of nitrogens with zero attached hydrogens (tertiary/aromatic N) is 4. The summed E-state index contributed by atoms with van der Waals surface area (Å²) in [6.45, 7) is 37.4. The monoisotopic (exact) mass is 900 g/mol. The lowest BCUT2D eigenvalue weighted by Gasteiger charge is -2.42. The molecule has 10 rings (SSSR count). The van der Waals surface area contributed by atoms with Crippen molar-refractivity contribution >= 4 is 44.6 Å². The highest BCUT2D eigenvalue weighted by molar-refractivity contribution is 6.09. The Morgan fingerprint density at radius 1 is 0.515 bits per heavy atom. The zero-order valence-electron chi connectivity index (χ0n) is 43.2. The molecular formula is C63H71N4O+. The van der Waals surface area contributed by atoms with Gasteiger partial charge in [0.05, 0.1) is 11.0 Å². The quantitative estimate of drug-likeness (QED) is 0.0820. The van der Waals surface area contributed by atoms with Crippen LogP contribution in [0.3, 0.4) is 0 Å². The van der Waals surface area contributed by atoms with Crippen LogP contribution in [0, 0.1) is 12.1 Å². The smallest absolute Gasteiger partial charge is 0.225 e. The molecule has 0 amide bonds. The van der Waals surface area contributed by atoms with Crippen molar-refractivity contribution in [1.29, 1.82) is 0 Å². The number of hydrogen-bond donors (Lipinski definition) is 0. The van der Waals surface area contributed by atoms with E-state index in [2.05, 4.69) is 249 Å². The summed E-state index contributed by atoms with van der Waals surface area (Å²) < 4.78 is 10.8. The van der Waals surface area contributed by atoms with Crippen LogP contribution >= 0.6 is 0 Å². The molecule has 0 aliphatic carbocycles. The van der Waals surface area contributed by atoms with E-state index in [1.165, 1.54) is 72.5 Å². The zero-order valence-corrected chi connectivity index (χ0v) is 43.2. The minimum Gasteiger partial charge on any atom is -0.457 e. The first-order chi connectivity index (χ1) is 32.0. The predicted molar refractivity (Wildman–Crippen MR) is 289 cm³/mol. The first kappa shape index (κ1) is 45.8. The van der Waals surface area contributed by atoms with Crippen LogP contribution in [-0.2, 0) is 16.2 Å². The molecule has 68 heavy (non-hydrogen) atoms. The molecule has 2 aliphatic heterocycles. The van der Waals surface area contributed by atoms with Crippen LogP contribution in [0.2, 0.25) is 0 Å². The number of quaternary nitrogens is 2. The number of benzene rings is 6. The third kappa shape index (κ3) is 6.98. The van der Waals surface area contributed by atoms with Crippen LogP contribution in [0.15, 0.2) is 140 Å². The molecule has 2 aromatic heterocycles. The first-order valence-electron chi connectivity index (χ1n) is 24.9. The molecule has 5 nitrogen and oxygen atoms in total. The highest BCUT2D eigenvalue weighted by Gasteiger charge is 2.78. The van der Waals surface area contributed by atoms with Crippen molar-refractivity contribution in [3.05, 3.63) is 174 Å². The van der Waals surface area contributed by atoms with E-state index < -0.39 is 0 Å². The van der Waals surface area contributed by atoms with Gasteiger partial charge in [0, 0.05) is 59.4 Å². The molecular weight excluding hydrogens is 829 g/mol. The van der Waals surface area contributed by atoms with Gasteiger partial charge in [-0.1, -0.05) is 158 Å². The highest BCUT2D eigenvalue weighted by Crippen LogP contribution is 2.76. The van der Waals surface area contributed by atoms with E-state index >= 15 is 0 Å². The second-order valence-corrected chi connectivity index (χ2v) is 24.0. The van der Waals surface area contributed by atoms with Crippen LogP contribution in [-0.4, -0.2) is 9.55 Å². The van der Waals surface area contributed by atoms with E-state index in [1.54, 1.807) is 0 Å². The third-order valence-corrected chi connectivity index (χ3v) is 15.9. The standard InChI is InChI=1S/C63H71N4O/c1-40(2)50-23-19-24-51(41(3)4)59(50)42-32-47(67-39-66(67,56-29-26-43(35-57(56)67)60(5,6)7)46-21-18-20-45(34-46)63(14,15)62(11,12)13)37-49(33-42)68-48-27-28-53-52-22-16-17-25-54(52)65(55(53)38-48)58-36-44(30-31-64-58)61(8,9)10/h16-41H,1-15H3/q+1/t66-,67?/m0/s1. The van der Waals surface area contributed by atoms with E-state index in [0.29, 0.717) is 21.0 Å². The molecule has 8 aromatic rings. The van der Waals surface area contributed by atoms with Gasteiger partial charge in [0.25, 0.3) is 0 Å². The Hall–Kier alpha value is -6.01. The molecule has 6 aromatic carbocycles. The molecule has 0 spiro atoms. The number of hydrogen-bond acceptors (Lipinski definition) is 2. The Bertz CT molecular complexity index is 3270. The Balaban J connectivity index is 1.20. The van der Waals surface area contributed by atoms with Crippen molar-refractivity contribution < 1.29 is 4.74 Å². The van der Waals surface area contributed by atoms with Gasteiger partial charge in [0.2, 0.25) is 11.4 Å². The lowest BCUT2D eigenvalue weighted by Crippen LogP contribution is -2.47. The predicted octanol–water partition coefficient (Wildman–Crippen LogP) is 18.1. The fourth-order valence-corrected chi connectivity index (χ4v) is 10.8. The van der Waals surface area contributed by atoms with Gasteiger partial charge in [-0.05, 0) is 109 Å². The van der Waals surface area contributed by atoms with E-state index in [4.69, 9.17) is 9.72 Å². The van der Waals surface area contributed by atoms with Crippen molar-refractivity contribution in [3.8, 4) is 28.4 Å². The van der Waals surface area contributed by atoms with E-state index in [9.17, 15) is 0 Å². The van der Waals surface area contributed by atoms with Crippen LogP contribution in [0.5, 0.6) is 11.5 Å². The van der Waals surface area contributed by atoms with Gasteiger partial charge in [-0.3, -0.25) is 4.57 Å². The number of rotatable bonds is 9. The molecule has 1 unspecified atom stereocenters. The normalized spacial score (nSPS) is 18.2. The lowest BCUT2D eigenvalue weighted by molar-refractivity contribution is 0.225. The maximum Gasteiger partial charge on any atom is 0.225 e. The largest absolute Gasteiger partial charge is 0.457 e. The van der Waals surface area contributed by atoms with E-state index in [1.807, 2.05) is 6.20 Å². The SMILES string of the molecule is CC(C)c1cccc(C(C)C)c1-c1cc(Oc2ccc3c4ccccc4n(-c4cc(C(C)(C)C)ccn4)c3c2)cc([N+]23[CH-][N@+]2(c2cccc(C(C)(C)C(C)(C)C)c2)c2ccc(C(C)(C)C)cc23)c1. The van der Waals surface area contributed by atoms with Crippen molar-refractivity contribution in [3.63, 3.8) is 0 Å². The summed E-state index contributed by atoms with van der Waals surface area (Å²) in [5.74, 6) is 3.15. The topological polar surface area (TPSA) is 27.1 Å². The minimum absolute atomic E-state index is 0.0138. The number of ether oxygens (including phenoxy) is 1. The molecule has 1 saturated heterocycles. The van der Waals surface area contributed by atoms with Gasteiger partial charge in [-0.2, -0.15) is 9.18 Å². The zero-order chi connectivity index (χ0) is 48.5. The maximum atomic E-state index is 7.28. The van der Waals surface area contributed by atoms with Crippen molar-refractivity contribution in [2.45, 2.75) is 132 Å². The van der Waals surface area contributed by atoms with Crippen LogP contribution in [0.4, 0.5) is 22.7 Å². The summed E-state index contributed by atoms with van der Waals surface area (Å²) in [5.41, 5.74) is 16.4. The molecule has 348 valence electrons. The second-order valence-electron chi connectivity index (χ2n) is 24.0. The Kier molecular flexibility index (Phi) is 10.4. The van der Waals surface area contributed by atoms with Gasteiger partial charge in [0.15, 0.2) is 18.0 Å². The number of aromatic nitrogens is 2. The number of para-hydroxylation sites is 1. The molecule has 0 bridgehead atoms. The highest BCUT2D eigenvalue weighted by atomic mass is 16.5. The van der Waals surface area contributed by atoms with Crippen LogP contribution < -0.4 is 13.9 Å². The second kappa shape index (κ2) is 15.5. The summed E-state index contributed by atoms with van der Waals surface area (Å²) in [4.78, 5) is 4.97. The van der Waals surface area contributed by atoms with E-state index in [0.717, 1.165) is 28.4 Å². The van der Waals surface area contributed by atoms with E-state index in [-0.39, 0.29) is 21.7 Å². The van der Waals surface area contributed by atoms with Crippen LogP contribution in [0.25, 0.3) is 38.8 Å². The summed E-state index contributed by atoms with van der Waals surface area (Å²) >= 11 is 0. The fourth-order valence-electron chi connectivity index (χ4n) is 10.8. The lowest BCUT2D eigenvalue weighted by atomic mass is 9.65. The molecule has 1 fully saturated rings. The maximum absolute atomic E-state index is 7.28. The van der Waals surface area contributed by atoms with Gasteiger partial charge < -0.3 is 4.74 Å². The Morgan fingerprint density at radius 2 is 1.16 bits per heavy atom. The van der Waals surface area contributed by atoms with Gasteiger partial charge in [0.1, 0.15) is 17.3 Å². The molecule has 0 radical (unpaired) electrons. The molecule has 0 N–H and O–H groups in total. The average Bonchev–Trinajstić information content (AvgIpc) is 3.78. The Labute approximate surface area is 406 Å². The van der Waals surface area contributed by atoms with Crippen molar-refractivity contribution in [1.82, 2.24) is 18.7 Å². The molecule has 0 saturated carbocycles. The summed E-state index contributed by atoms with van der Waals surface area (Å²) in [6.07, 6.45) is 1.94. The molecule has 5 heteroatoms. The summed E-state index contributed by atoms with van der Waals surface area (Å²) in [5, 5.41) is 2.36. The van der Waals surface area contributed by atoms with Crippen molar-refractivity contribution in [2.24, 2.45) is 5.41 Å². The van der Waals surface area contributed by atoms with Gasteiger partial charge in [-0.15, -0.1) is 0 Å².